The molecule has 0 fully saturated rings. The highest BCUT2D eigenvalue weighted by molar-refractivity contribution is 5.80. The van der Waals surface area contributed by atoms with Crippen molar-refractivity contribution in [3.05, 3.63) is 108 Å². The lowest BCUT2D eigenvalue weighted by atomic mass is 9.80. The van der Waals surface area contributed by atoms with Crippen LogP contribution in [0.15, 0.2) is 91.0 Å². The Bertz CT molecular complexity index is 779. The van der Waals surface area contributed by atoms with Gasteiger partial charge in [0.2, 0.25) is 0 Å². The first kappa shape index (κ1) is 20.0. The number of ether oxygens (including phenoxy) is 1. The van der Waals surface area contributed by atoms with E-state index in [2.05, 4.69) is 0 Å². The molecule has 0 saturated heterocycles. The molecule has 0 aromatic heterocycles. The summed E-state index contributed by atoms with van der Waals surface area (Å²) in [6, 6.07) is 30.2. The molecule has 144 valence electrons. The average molecular weight is 374 g/mol. The molecule has 28 heavy (non-hydrogen) atoms. The Kier molecular flexibility index (Phi) is 6.40. The van der Waals surface area contributed by atoms with E-state index in [-0.39, 0.29) is 18.3 Å². The van der Waals surface area contributed by atoms with Gasteiger partial charge in [-0.3, -0.25) is 4.79 Å². The summed E-state index contributed by atoms with van der Waals surface area (Å²) in [4.78, 5) is 11.6. The number of carbonyl (C=O) groups excluding carboxylic acids is 1. The maximum absolute atomic E-state index is 11.6. The van der Waals surface area contributed by atoms with Gasteiger partial charge >= 0.3 is 0 Å². The summed E-state index contributed by atoms with van der Waals surface area (Å²) in [5, 5.41) is 10.2. The number of Topliss-reactive ketones (excluding diaryl/α,β-unsaturated/α-hetero) is 1. The SMILES string of the molecule is CC(=O)[C@H](O)[C@@H](C)COC(c1ccccc1)(c1ccccc1)c1ccccc1. The van der Waals surface area contributed by atoms with Gasteiger partial charge in [0.15, 0.2) is 5.78 Å². The topological polar surface area (TPSA) is 46.5 Å². The van der Waals surface area contributed by atoms with Gasteiger partial charge in [0.1, 0.15) is 11.7 Å². The minimum absolute atomic E-state index is 0.236. The van der Waals surface area contributed by atoms with Crippen molar-refractivity contribution < 1.29 is 14.6 Å². The molecule has 0 saturated carbocycles. The molecule has 0 radical (unpaired) electrons. The quantitative estimate of drug-likeness (QED) is 0.587. The fourth-order valence-corrected chi connectivity index (χ4v) is 3.52. The van der Waals surface area contributed by atoms with E-state index in [9.17, 15) is 9.90 Å². The predicted molar refractivity (Wildman–Crippen MR) is 111 cm³/mol. The average Bonchev–Trinajstić information content (AvgIpc) is 2.75. The van der Waals surface area contributed by atoms with Crippen molar-refractivity contribution in [2.75, 3.05) is 6.61 Å². The lowest BCUT2D eigenvalue weighted by molar-refractivity contribution is -0.129. The van der Waals surface area contributed by atoms with Crippen molar-refractivity contribution in [1.82, 2.24) is 0 Å². The van der Waals surface area contributed by atoms with E-state index in [1.807, 2.05) is 97.9 Å². The Hall–Kier alpha value is -2.75. The second-order valence-electron chi connectivity index (χ2n) is 7.12. The second-order valence-corrected chi connectivity index (χ2v) is 7.12. The van der Waals surface area contributed by atoms with Gasteiger partial charge in [0, 0.05) is 5.92 Å². The minimum atomic E-state index is -1.04. The Balaban J connectivity index is 2.13. The van der Waals surface area contributed by atoms with E-state index in [1.54, 1.807) is 0 Å². The molecule has 0 amide bonds. The van der Waals surface area contributed by atoms with Crippen LogP contribution in [0.25, 0.3) is 0 Å². The van der Waals surface area contributed by atoms with Gasteiger partial charge < -0.3 is 9.84 Å². The lowest BCUT2D eigenvalue weighted by Crippen LogP contribution is -2.37. The molecule has 0 bridgehead atoms. The first-order chi connectivity index (χ1) is 13.6. The molecule has 0 aliphatic carbocycles. The highest BCUT2D eigenvalue weighted by Crippen LogP contribution is 2.40. The summed E-state index contributed by atoms with van der Waals surface area (Å²) in [7, 11) is 0. The van der Waals surface area contributed by atoms with Crippen LogP contribution in [0.1, 0.15) is 30.5 Å². The predicted octanol–water partition coefficient (Wildman–Crippen LogP) is 4.58. The first-order valence-corrected chi connectivity index (χ1v) is 9.54. The van der Waals surface area contributed by atoms with Crippen LogP contribution in [0, 0.1) is 5.92 Å². The van der Waals surface area contributed by atoms with Gasteiger partial charge in [-0.2, -0.15) is 0 Å². The fraction of sp³-hybridized carbons (Fsp3) is 0.240. The minimum Gasteiger partial charge on any atom is -0.385 e. The standard InChI is InChI=1S/C25H26O3/c1-19(24(27)20(2)26)18-28-25(21-12-6-3-7-13-21,22-14-8-4-9-15-22)23-16-10-5-11-17-23/h3-17,19,24,27H,18H2,1-2H3/t19-,24+/m0/s1. The number of hydrogen-bond acceptors (Lipinski definition) is 3. The van der Waals surface area contributed by atoms with Crippen LogP contribution in [0.2, 0.25) is 0 Å². The van der Waals surface area contributed by atoms with Gasteiger partial charge in [-0.15, -0.1) is 0 Å². The third-order valence-electron chi connectivity index (χ3n) is 5.06. The van der Waals surface area contributed by atoms with Gasteiger partial charge in [-0.05, 0) is 23.6 Å². The van der Waals surface area contributed by atoms with Crippen LogP contribution < -0.4 is 0 Å². The summed E-state index contributed by atoms with van der Waals surface area (Å²) in [6.45, 7) is 3.47. The summed E-state index contributed by atoms with van der Waals surface area (Å²) < 4.78 is 6.61. The highest BCUT2D eigenvalue weighted by atomic mass is 16.5. The molecule has 3 heteroatoms. The molecule has 2 atom stereocenters. The van der Waals surface area contributed by atoms with Crippen molar-refractivity contribution in [1.29, 1.82) is 0 Å². The molecule has 0 aliphatic rings. The van der Waals surface area contributed by atoms with Crippen molar-refractivity contribution in [2.24, 2.45) is 5.92 Å². The van der Waals surface area contributed by atoms with Crippen LogP contribution in [0.4, 0.5) is 0 Å². The monoisotopic (exact) mass is 374 g/mol. The third kappa shape index (κ3) is 4.06. The van der Waals surface area contributed by atoms with Gasteiger partial charge in [-0.1, -0.05) is 97.9 Å². The van der Waals surface area contributed by atoms with Crippen LogP contribution in [0.3, 0.4) is 0 Å². The lowest BCUT2D eigenvalue weighted by Gasteiger charge is -2.37. The number of ketones is 1. The van der Waals surface area contributed by atoms with Crippen LogP contribution in [-0.4, -0.2) is 23.6 Å². The molecule has 3 nitrogen and oxygen atoms in total. The van der Waals surface area contributed by atoms with Crippen molar-refractivity contribution >= 4 is 5.78 Å². The summed E-state index contributed by atoms with van der Waals surface area (Å²) in [5.41, 5.74) is 2.15. The number of rotatable bonds is 8. The van der Waals surface area contributed by atoms with E-state index in [4.69, 9.17) is 4.74 Å². The normalized spacial score (nSPS) is 13.7. The highest BCUT2D eigenvalue weighted by Gasteiger charge is 2.38. The molecule has 3 aromatic carbocycles. The van der Waals surface area contributed by atoms with Crippen molar-refractivity contribution in [3.8, 4) is 0 Å². The number of aliphatic hydroxyl groups is 1. The number of hydrogen-bond donors (Lipinski definition) is 1. The zero-order valence-corrected chi connectivity index (χ0v) is 16.3. The van der Waals surface area contributed by atoms with E-state index >= 15 is 0 Å². The summed E-state index contributed by atoms with van der Waals surface area (Å²) in [5.74, 6) is -0.575. The van der Waals surface area contributed by atoms with Crippen LogP contribution in [-0.2, 0) is 15.1 Å². The molecule has 0 aliphatic heterocycles. The van der Waals surface area contributed by atoms with Gasteiger partial charge in [0.05, 0.1) is 6.61 Å². The first-order valence-electron chi connectivity index (χ1n) is 9.54. The third-order valence-corrected chi connectivity index (χ3v) is 5.06. The Morgan fingerprint density at radius 2 is 1.18 bits per heavy atom. The zero-order valence-electron chi connectivity index (χ0n) is 16.3. The zero-order chi connectivity index (χ0) is 20.0. The summed E-state index contributed by atoms with van der Waals surface area (Å²) >= 11 is 0. The van der Waals surface area contributed by atoms with Crippen LogP contribution >= 0.6 is 0 Å². The van der Waals surface area contributed by atoms with E-state index < -0.39 is 11.7 Å². The maximum Gasteiger partial charge on any atom is 0.158 e. The maximum atomic E-state index is 11.6. The number of benzene rings is 3. The fourth-order valence-electron chi connectivity index (χ4n) is 3.52. The van der Waals surface area contributed by atoms with Crippen LogP contribution in [0.5, 0.6) is 0 Å². The molecular formula is C25H26O3. The van der Waals surface area contributed by atoms with Gasteiger partial charge in [0.25, 0.3) is 0 Å². The number of carbonyl (C=O) groups is 1. The molecule has 3 aromatic rings. The molecule has 0 spiro atoms. The smallest absolute Gasteiger partial charge is 0.158 e. The summed E-state index contributed by atoms with van der Waals surface area (Å²) in [6.07, 6.45) is -1.04. The van der Waals surface area contributed by atoms with E-state index in [1.165, 1.54) is 6.92 Å². The molecule has 1 N–H and O–H groups in total. The van der Waals surface area contributed by atoms with Crippen molar-refractivity contribution in [2.45, 2.75) is 25.6 Å². The van der Waals surface area contributed by atoms with E-state index in [0.29, 0.717) is 0 Å². The molecule has 0 unspecified atom stereocenters. The molecule has 3 rings (SSSR count). The van der Waals surface area contributed by atoms with Gasteiger partial charge in [-0.25, -0.2) is 0 Å². The Morgan fingerprint density at radius 3 is 1.50 bits per heavy atom. The second kappa shape index (κ2) is 8.96. The Labute approximate surface area is 166 Å². The number of aliphatic hydroxyl groups excluding tert-OH is 1. The Morgan fingerprint density at radius 1 is 0.821 bits per heavy atom. The van der Waals surface area contributed by atoms with E-state index in [0.717, 1.165) is 16.7 Å². The molecule has 0 heterocycles. The molecular weight excluding hydrogens is 348 g/mol. The largest absolute Gasteiger partial charge is 0.385 e. The van der Waals surface area contributed by atoms with Crippen molar-refractivity contribution in [3.63, 3.8) is 0 Å².